The molecule has 10 rings (SSSR count). The molecule has 0 saturated heterocycles. The van der Waals surface area contributed by atoms with Crippen molar-refractivity contribution in [3.63, 3.8) is 0 Å². The summed E-state index contributed by atoms with van der Waals surface area (Å²) in [5, 5.41) is 8.11. The molecule has 0 fully saturated rings. The third kappa shape index (κ3) is 4.06. The molecule has 2 aromatic heterocycles. The Morgan fingerprint density at radius 3 is 1.94 bits per heavy atom. The van der Waals surface area contributed by atoms with Crippen LogP contribution in [0.1, 0.15) is 17.7 Å². The largest absolute Gasteiger partial charge is 0.460 e. The Balaban J connectivity index is 1.26. The molecule has 1 aliphatic carbocycles. The summed E-state index contributed by atoms with van der Waals surface area (Å²) in [5.41, 5.74) is 10.2. The molecule has 7 aromatic carbocycles. The predicted molar refractivity (Wildman–Crippen MR) is 195 cm³/mol. The maximum absolute atomic E-state index is 6.21. The average molecular weight is 601 g/mol. The first kappa shape index (κ1) is 26.2. The molecule has 0 unspecified atom stereocenters. The second kappa shape index (κ2) is 10.2. The maximum Gasteiger partial charge on any atom is 0.134 e. The molecule has 0 spiro atoms. The monoisotopic (exact) mass is 600 g/mol. The van der Waals surface area contributed by atoms with E-state index >= 15 is 0 Å². The van der Waals surface area contributed by atoms with Gasteiger partial charge in [-0.1, -0.05) is 127 Å². The van der Waals surface area contributed by atoms with Crippen LogP contribution < -0.4 is 0 Å². The Bertz CT molecular complexity index is 2750. The van der Waals surface area contributed by atoms with Crippen molar-refractivity contribution in [1.82, 2.24) is 9.97 Å². The van der Waals surface area contributed by atoms with Crippen molar-refractivity contribution >= 4 is 60.4 Å². The number of fused-ring (bicyclic) bond motifs is 10. The van der Waals surface area contributed by atoms with Crippen molar-refractivity contribution in [3.05, 3.63) is 151 Å². The predicted octanol–water partition coefficient (Wildman–Crippen LogP) is 11.8. The van der Waals surface area contributed by atoms with Gasteiger partial charge in [-0.05, 0) is 57.3 Å². The number of nitrogens with zero attached hydrogens (tertiary/aromatic N) is 2. The van der Waals surface area contributed by atoms with Gasteiger partial charge in [-0.25, -0.2) is 9.97 Å². The van der Waals surface area contributed by atoms with Crippen LogP contribution in [0.5, 0.6) is 0 Å². The quantitative estimate of drug-likeness (QED) is 0.189. The van der Waals surface area contributed by atoms with E-state index < -0.39 is 0 Å². The highest BCUT2D eigenvalue weighted by Gasteiger charge is 2.20. The SMILES string of the molecule is C1=Cc2c(oc3ccc(-c4cccc(-c5nc6c7ccccc7c7ccccc7c6nc5-c5cccc6ccccc56)c4)cc23)CC1. The van der Waals surface area contributed by atoms with E-state index in [1.54, 1.807) is 0 Å². The van der Waals surface area contributed by atoms with E-state index in [1.807, 2.05) is 0 Å². The molecule has 0 N–H and O–H groups in total. The van der Waals surface area contributed by atoms with E-state index in [0.717, 1.165) is 85.0 Å². The summed E-state index contributed by atoms with van der Waals surface area (Å²) in [6, 6.07) is 47.4. The Morgan fingerprint density at radius 2 is 1.13 bits per heavy atom. The smallest absolute Gasteiger partial charge is 0.134 e. The molecule has 3 heteroatoms. The summed E-state index contributed by atoms with van der Waals surface area (Å²) in [6.45, 7) is 0. The van der Waals surface area contributed by atoms with Gasteiger partial charge in [0.05, 0.1) is 22.4 Å². The molecule has 3 nitrogen and oxygen atoms in total. The standard InChI is InChI=1S/C44H28N2O/c1-2-15-31-27(11-1)12-10-21-35(31)42-41(45-43-36-19-5-3-16-32(36)33-17-4-6-20-37(33)44(43)46-42)30-14-9-13-28(25-30)29-23-24-40-38(26-29)34-18-7-8-22-39(34)47-40/h1-7,9-21,23-26H,8,22H2. The molecule has 47 heavy (non-hydrogen) atoms. The van der Waals surface area contributed by atoms with Crippen molar-refractivity contribution in [3.8, 4) is 33.6 Å². The van der Waals surface area contributed by atoms with Gasteiger partial charge in [-0.2, -0.15) is 0 Å². The lowest BCUT2D eigenvalue weighted by Crippen LogP contribution is -1.98. The minimum Gasteiger partial charge on any atom is -0.460 e. The van der Waals surface area contributed by atoms with Gasteiger partial charge in [-0.15, -0.1) is 0 Å². The molecule has 9 aromatic rings. The van der Waals surface area contributed by atoms with Crippen LogP contribution in [0.15, 0.2) is 144 Å². The van der Waals surface area contributed by atoms with Crippen molar-refractivity contribution in [2.75, 3.05) is 0 Å². The van der Waals surface area contributed by atoms with Crippen molar-refractivity contribution in [2.24, 2.45) is 0 Å². The minimum atomic E-state index is 0.876. The number of hydrogen-bond donors (Lipinski definition) is 0. The summed E-state index contributed by atoms with van der Waals surface area (Å²) in [7, 11) is 0. The fourth-order valence-corrected chi connectivity index (χ4v) is 7.46. The topological polar surface area (TPSA) is 38.9 Å². The van der Waals surface area contributed by atoms with Crippen molar-refractivity contribution < 1.29 is 4.42 Å². The Kier molecular flexibility index (Phi) is 5.70. The molecule has 0 saturated carbocycles. The summed E-state index contributed by atoms with van der Waals surface area (Å²) in [6.07, 6.45) is 6.43. The summed E-state index contributed by atoms with van der Waals surface area (Å²) in [5.74, 6) is 1.08. The molecular weight excluding hydrogens is 572 g/mol. The highest BCUT2D eigenvalue weighted by atomic mass is 16.3. The second-order valence-electron chi connectivity index (χ2n) is 12.4. The molecular formula is C44H28N2O. The van der Waals surface area contributed by atoms with E-state index in [2.05, 4.69) is 146 Å². The average Bonchev–Trinajstić information content (AvgIpc) is 3.52. The zero-order chi connectivity index (χ0) is 30.9. The van der Waals surface area contributed by atoms with Gasteiger partial charge in [0.25, 0.3) is 0 Å². The molecule has 0 aliphatic heterocycles. The fourth-order valence-electron chi connectivity index (χ4n) is 7.46. The molecule has 1 aliphatic rings. The van der Waals surface area contributed by atoms with Gasteiger partial charge in [0.15, 0.2) is 0 Å². The van der Waals surface area contributed by atoms with E-state index in [-0.39, 0.29) is 0 Å². The van der Waals surface area contributed by atoms with E-state index in [9.17, 15) is 0 Å². The number of aryl methyl sites for hydroxylation is 1. The third-order valence-corrected chi connectivity index (χ3v) is 9.69. The van der Waals surface area contributed by atoms with E-state index in [1.165, 1.54) is 27.1 Å². The number of rotatable bonds is 3. The van der Waals surface area contributed by atoms with Crippen molar-refractivity contribution in [2.45, 2.75) is 12.8 Å². The Morgan fingerprint density at radius 1 is 0.489 bits per heavy atom. The summed E-state index contributed by atoms with van der Waals surface area (Å²) < 4.78 is 6.21. The van der Waals surface area contributed by atoms with Gasteiger partial charge >= 0.3 is 0 Å². The van der Waals surface area contributed by atoms with Crippen LogP contribution in [0.3, 0.4) is 0 Å². The zero-order valence-corrected chi connectivity index (χ0v) is 25.6. The van der Waals surface area contributed by atoms with Crippen LogP contribution in [0.4, 0.5) is 0 Å². The van der Waals surface area contributed by atoms with Gasteiger partial charge in [0.1, 0.15) is 11.3 Å². The normalized spacial score (nSPS) is 12.9. The lowest BCUT2D eigenvalue weighted by Gasteiger charge is -2.16. The highest BCUT2D eigenvalue weighted by molar-refractivity contribution is 6.23. The number of furan rings is 1. The van der Waals surface area contributed by atoms with Gasteiger partial charge < -0.3 is 4.42 Å². The lowest BCUT2D eigenvalue weighted by atomic mass is 9.94. The first-order chi connectivity index (χ1) is 23.3. The molecule has 0 amide bonds. The number of allylic oxidation sites excluding steroid dienone is 1. The Hall–Kier alpha value is -6.06. The molecule has 220 valence electrons. The first-order valence-electron chi connectivity index (χ1n) is 16.2. The molecule has 0 atom stereocenters. The fraction of sp³-hybridized carbons (Fsp3) is 0.0455. The van der Waals surface area contributed by atoms with Crippen LogP contribution in [0, 0.1) is 0 Å². The van der Waals surface area contributed by atoms with Crippen LogP contribution in [-0.4, -0.2) is 9.97 Å². The van der Waals surface area contributed by atoms with E-state index in [0.29, 0.717) is 0 Å². The molecule has 0 radical (unpaired) electrons. The summed E-state index contributed by atoms with van der Waals surface area (Å²) in [4.78, 5) is 11.1. The van der Waals surface area contributed by atoms with Gasteiger partial charge in [-0.3, -0.25) is 0 Å². The third-order valence-electron chi connectivity index (χ3n) is 9.69. The van der Waals surface area contributed by atoms with Crippen LogP contribution in [0.25, 0.3) is 94.0 Å². The van der Waals surface area contributed by atoms with Crippen molar-refractivity contribution in [1.29, 1.82) is 0 Å². The number of hydrogen-bond acceptors (Lipinski definition) is 3. The molecule has 0 bridgehead atoms. The van der Waals surface area contributed by atoms with Gasteiger partial charge in [0, 0.05) is 39.3 Å². The maximum atomic E-state index is 6.21. The number of aromatic nitrogens is 2. The molecule has 2 heterocycles. The first-order valence-corrected chi connectivity index (χ1v) is 16.2. The van der Waals surface area contributed by atoms with E-state index in [4.69, 9.17) is 14.4 Å². The lowest BCUT2D eigenvalue weighted by molar-refractivity contribution is 0.546. The summed E-state index contributed by atoms with van der Waals surface area (Å²) >= 11 is 0. The van der Waals surface area contributed by atoms with Crippen LogP contribution in [-0.2, 0) is 6.42 Å². The minimum absolute atomic E-state index is 0.876. The van der Waals surface area contributed by atoms with Gasteiger partial charge in [0.2, 0.25) is 0 Å². The highest BCUT2D eigenvalue weighted by Crippen LogP contribution is 2.41. The second-order valence-corrected chi connectivity index (χ2v) is 12.4. The van der Waals surface area contributed by atoms with Crippen LogP contribution >= 0.6 is 0 Å². The zero-order valence-electron chi connectivity index (χ0n) is 25.6. The Labute approximate surface area is 271 Å². The van der Waals surface area contributed by atoms with Crippen LogP contribution in [0.2, 0.25) is 0 Å². The number of benzene rings is 7.